The smallest absolute Gasteiger partial charge is 0.369 e. The van der Waals surface area contributed by atoms with Crippen molar-refractivity contribution < 1.29 is 13.2 Å². The van der Waals surface area contributed by atoms with E-state index in [1.165, 1.54) is 18.3 Å². The Morgan fingerprint density at radius 1 is 1.00 bits per heavy atom. The lowest BCUT2D eigenvalue weighted by molar-refractivity contribution is -0.140. The van der Waals surface area contributed by atoms with Crippen molar-refractivity contribution in [3.8, 4) is 0 Å². The quantitative estimate of drug-likeness (QED) is 0.734. The van der Waals surface area contributed by atoms with Crippen LogP contribution in [0.4, 0.5) is 24.9 Å². The standard InChI is InChI=1S/C19H19F3N6/c20-19(21,22)16-3-2-14-15(27-16)4-9-23-17(14)26-12-13-5-10-28(11-6-13)18-24-7-1-8-25-18/h1-4,7-9,13H,5-6,10-12H2,(H,23,26). The first kappa shape index (κ1) is 18.4. The molecule has 4 rings (SSSR count). The van der Waals surface area contributed by atoms with Crippen LogP contribution in [0, 0.1) is 5.92 Å². The van der Waals surface area contributed by atoms with Gasteiger partial charge < -0.3 is 10.2 Å². The molecule has 146 valence electrons. The first-order chi connectivity index (χ1) is 13.5. The first-order valence-electron chi connectivity index (χ1n) is 9.09. The van der Waals surface area contributed by atoms with Crippen molar-refractivity contribution in [1.82, 2.24) is 19.9 Å². The third-order valence-electron chi connectivity index (χ3n) is 4.91. The highest BCUT2D eigenvalue weighted by Crippen LogP contribution is 2.30. The number of hydrogen-bond acceptors (Lipinski definition) is 6. The molecule has 0 radical (unpaired) electrons. The maximum absolute atomic E-state index is 12.9. The van der Waals surface area contributed by atoms with E-state index >= 15 is 0 Å². The second-order valence-corrected chi connectivity index (χ2v) is 6.78. The molecule has 1 aliphatic rings. The largest absolute Gasteiger partial charge is 0.433 e. The fraction of sp³-hybridized carbons (Fsp3) is 0.368. The number of alkyl halides is 3. The molecule has 0 bridgehead atoms. The molecule has 1 saturated heterocycles. The van der Waals surface area contributed by atoms with Crippen LogP contribution in [0.3, 0.4) is 0 Å². The lowest BCUT2D eigenvalue weighted by Crippen LogP contribution is -2.36. The van der Waals surface area contributed by atoms with Crippen LogP contribution in [0.25, 0.3) is 10.9 Å². The third kappa shape index (κ3) is 3.97. The summed E-state index contributed by atoms with van der Waals surface area (Å²) in [5.41, 5.74) is -0.615. The molecule has 0 atom stereocenters. The highest BCUT2D eigenvalue weighted by Gasteiger charge is 2.32. The van der Waals surface area contributed by atoms with E-state index in [0.29, 0.717) is 23.7 Å². The molecule has 4 heterocycles. The zero-order chi connectivity index (χ0) is 19.6. The lowest BCUT2D eigenvalue weighted by Gasteiger charge is -2.32. The Hall–Kier alpha value is -2.97. The molecule has 0 unspecified atom stereocenters. The normalized spacial score (nSPS) is 15.8. The summed E-state index contributed by atoms with van der Waals surface area (Å²) >= 11 is 0. The molecule has 0 amide bonds. The summed E-state index contributed by atoms with van der Waals surface area (Å²) in [5.74, 6) is 1.75. The van der Waals surface area contributed by atoms with Crippen molar-refractivity contribution in [2.24, 2.45) is 5.92 Å². The van der Waals surface area contributed by atoms with Crippen molar-refractivity contribution in [2.75, 3.05) is 29.9 Å². The summed E-state index contributed by atoms with van der Waals surface area (Å²) in [6.45, 7) is 2.45. The van der Waals surface area contributed by atoms with Gasteiger partial charge in [-0.1, -0.05) is 0 Å². The van der Waals surface area contributed by atoms with Gasteiger partial charge in [0, 0.05) is 43.6 Å². The molecule has 9 heteroatoms. The van der Waals surface area contributed by atoms with Gasteiger partial charge in [0.1, 0.15) is 11.5 Å². The van der Waals surface area contributed by atoms with E-state index in [1.54, 1.807) is 18.5 Å². The molecule has 6 nitrogen and oxygen atoms in total. The molecular formula is C19H19F3N6. The Bertz CT molecular complexity index is 939. The number of fused-ring (bicyclic) bond motifs is 1. The minimum Gasteiger partial charge on any atom is -0.369 e. The Kier molecular flexibility index (Phi) is 4.97. The van der Waals surface area contributed by atoms with E-state index in [1.807, 2.05) is 0 Å². The number of nitrogens with one attached hydrogen (secondary N) is 1. The number of pyridine rings is 2. The fourth-order valence-corrected chi connectivity index (χ4v) is 3.39. The van der Waals surface area contributed by atoms with Crippen LogP contribution in [-0.4, -0.2) is 39.6 Å². The molecule has 1 fully saturated rings. The fourth-order valence-electron chi connectivity index (χ4n) is 3.39. The molecule has 1 N–H and O–H groups in total. The maximum Gasteiger partial charge on any atom is 0.433 e. The van der Waals surface area contributed by atoms with Crippen molar-refractivity contribution >= 4 is 22.7 Å². The number of halogens is 3. The monoisotopic (exact) mass is 388 g/mol. The molecule has 1 aliphatic heterocycles. The molecule has 0 aromatic carbocycles. The molecule has 28 heavy (non-hydrogen) atoms. The Morgan fingerprint density at radius 2 is 1.75 bits per heavy atom. The molecular weight excluding hydrogens is 369 g/mol. The van der Waals surface area contributed by atoms with Crippen molar-refractivity contribution in [3.63, 3.8) is 0 Å². The van der Waals surface area contributed by atoms with Crippen molar-refractivity contribution in [3.05, 3.63) is 48.5 Å². The number of piperidine rings is 1. The number of hydrogen-bond donors (Lipinski definition) is 1. The summed E-state index contributed by atoms with van der Waals surface area (Å²) in [5, 5.41) is 3.88. The Labute approximate surface area is 159 Å². The number of aromatic nitrogens is 4. The second kappa shape index (κ2) is 7.57. The van der Waals surface area contributed by atoms with Crippen molar-refractivity contribution in [2.45, 2.75) is 19.0 Å². The first-order valence-corrected chi connectivity index (χ1v) is 9.09. The third-order valence-corrected chi connectivity index (χ3v) is 4.91. The minimum atomic E-state index is -4.46. The van der Waals surface area contributed by atoms with Gasteiger partial charge in [0.05, 0.1) is 5.52 Å². The topological polar surface area (TPSA) is 66.8 Å². The number of rotatable bonds is 4. The average molecular weight is 388 g/mol. The van der Waals surface area contributed by atoms with Gasteiger partial charge in [-0.15, -0.1) is 0 Å². The SMILES string of the molecule is FC(F)(F)c1ccc2c(NCC3CCN(c4ncccn4)CC3)nccc2n1. The Balaban J connectivity index is 1.40. The van der Waals surface area contributed by atoms with Gasteiger partial charge in [-0.25, -0.2) is 19.9 Å². The van der Waals surface area contributed by atoms with Crippen LogP contribution in [0.5, 0.6) is 0 Å². The summed E-state index contributed by atoms with van der Waals surface area (Å²) < 4.78 is 38.6. The van der Waals surface area contributed by atoms with Crippen LogP contribution >= 0.6 is 0 Å². The van der Waals surface area contributed by atoms with Crippen LogP contribution in [-0.2, 0) is 6.18 Å². The summed E-state index contributed by atoms with van der Waals surface area (Å²) in [6, 6.07) is 5.71. The van der Waals surface area contributed by atoms with Gasteiger partial charge in [-0.05, 0) is 43.0 Å². The van der Waals surface area contributed by atoms with Crippen LogP contribution in [0.2, 0.25) is 0 Å². The van der Waals surface area contributed by atoms with E-state index < -0.39 is 11.9 Å². The number of nitrogens with zero attached hydrogens (tertiary/aromatic N) is 5. The zero-order valence-corrected chi connectivity index (χ0v) is 15.0. The molecule has 0 spiro atoms. The summed E-state index contributed by atoms with van der Waals surface area (Å²) in [4.78, 5) is 18.7. The molecule has 0 saturated carbocycles. The molecule has 0 aliphatic carbocycles. The highest BCUT2D eigenvalue weighted by atomic mass is 19.4. The van der Waals surface area contributed by atoms with Gasteiger partial charge in [0.2, 0.25) is 5.95 Å². The van der Waals surface area contributed by atoms with E-state index in [9.17, 15) is 13.2 Å². The van der Waals surface area contributed by atoms with Gasteiger partial charge in [0.25, 0.3) is 0 Å². The molecule has 3 aromatic heterocycles. The molecule has 3 aromatic rings. The van der Waals surface area contributed by atoms with E-state index in [0.717, 1.165) is 37.9 Å². The van der Waals surface area contributed by atoms with Crippen LogP contribution in [0.15, 0.2) is 42.9 Å². The summed E-state index contributed by atoms with van der Waals surface area (Å²) in [7, 11) is 0. The maximum atomic E-state index is 12.9. The van der Waals surface area contributed by atoms with Gasteiger partial charge in [-0.2, -0.15) is 13.2 Å². The van der Waals surface area contributed by atoms with Gasteiger partial charge in [0.15, 0.2) is 0 Å². The van der Waals surface area contributed by atoms with Crippen LogP contribution in [0.1, 0.15) is 18.5 Å². The zero-order valence-electron chi connectivity index (χ0n) is 15.0. The van der Waals surface area contributed by atoms with E-state index in [-0.39, 0.29) is 5.52 Å². The average Bonchev–Trinajstić information content (AvgIpc) is 2.72. The predicted octanol–water partition coefficient (Wildman–Crippen LogP) is 3.77. The minimum absolute atomic E-state index is 0.281. The lowest BCUT2D eigenvalue weighted by atomic mass is 9.97. The van der Waals surface area contributed by atoms with E-state index in [4.69, 9.17) is 0 Å². The second-order valence-electron chi connectivity index (χ2n) is 6.78. The van der Waals surface area contributed by atoms with Crippen molar-refractivity contribution in [1.29, 1.82) is 0 Å². The number of anilines is 2. The highest BCUT2D eigenvalue weighted by molar-refractivity contribution is 5.89. The Morgan fingerprint density at radius 3 is 2.46 bits per heavy atom. The summed E-state index contributed by atoms with van der Waals surface area (Å²) in [6.07, 6.45) is 2.45. The van der Waals surface area contributed by atoms with Crippen LogP contribution < -0.4 is 10.2 Å². The van der Waals surface area contributed by atoms with Gasteiger partial charge in [-0.3, -0.25) is 0 Å². The van der Waals surface area contributed by atoms with Gasteiger partial charge >= 0.3 is 6.18 Å². The van der Waals surface area contributed by atoms with E-state index in [2.05, 4.69) is 30.2 Å². The predicted molar refractivity (Wildman–Crippen MR) is 100.0 cm³/mol.